The highest BCUT2D eigenvalue weighted by atomic mass is 79.9. The van der Waals surface area contributed by atoms with Gasteiger partial charge >= 0.3 is 0 Å². The number of benzene rings is 1. The Kier molecular flexibility index (Phi) is 6.12. The fourth-order valence-electron chi connectivity index (χ4n) is 3.08. The Hall–Kier alpha value is -0.620. The molecule has 0 N–H and O–H groups in total. The molecule has 2 heterocycles. The molecule has 3 rings (SSSR count). The van der Waals surface area contributed by atoms with Gasteiger partial charge in [-0.05, 0) is 37.1 Å². The lowest BCUT2D eigenvalue weighted by Crippen LogP contribution is -2.37. The number of ether oxygens (including phenoxy) is 2. The molecule has 1 aromatic rings. The summed E-state index contributed by atoms with van der Waals surface area (Å²) in [6, 6.07) is 6.78. The molecule has 0 atom stereocenters. The van der Waals surface area contributed by atoms with Crippen molar-refractivity contribution < 1.29 is 9.47 Å². The van der Waals surface area contributed by atoms with Crippen molar-refractivity contribution in [2.24, 2.45) is 0 Å². The summed E-state index contributed by atoms with van der Waals surface area (Å²) in [5, 5.41) is 0. The van der Waals surface area contributed by atoms with Gasteiger partial charge in [-0.15, -0.1) is 0 Å². The van der Waals surface area contributed by atoms with E-state index in [4.69, 9.17) is 9.47 Å². The van der Waals surface area contributed by atoms with Gasteiger partial charge in [0.15, 0.2) is 0 Å². The molecule has 0 radical (unpaired) electrons. The highest BCUT2D eigenvalue weighted by Gasteiger charge is 2.13. The van der Waals surface area contributed by atoms with Crippen LogP contribution in [0.2, 0.25) is 0 Å². The molecule has 5 heteroatoms. The summed E-state index contributed by atoms with van der Waals surface area (Å²) >= 11 is 3.75. The third kappa shape index (κ3) is 4.44. The lowest BCUT2D eigenvalue weighted by molar-refractivity contribution is 0.0374. The molecule has 4 nitrogen and oxygen atoms in total. The molecular weight excluding hydrogens is 344 g/mol. The van der Waals surface area contributed by atoms with Crippen LogP contribution in [-0.2, 0) is 15.9 Å². The predicted octanol–water partition coefficient (Wildman–Crippen LogP) is 2.55. The van der Waals surface area contributed by atoms with E-state index in [1.165, 1.54) is 28.7 Å². The van der Waals surface area contributed by atoms with Crippen molar-refractivity contribution in [3.05, 3.63) is 28.2 Å². The first-order chi connectivity index (χ1) is 10.8. The van der Waals surface area contributed by atoms with Gasteiger partial charge in [0.05, 0.1) is 26.4 Å². The van der Waals surface area contributed by atoms with E-state index < -0.39 is 0 Å². The van der Waals surface area contributed by atoms with E-state index in [2.05, 4.69) is 43.9 Å². The van der Waals surface area contributed by atoms with Gasteiger partial charge in [-0.25, -0.2) is 0 Å². The first-order valence-electron chi connectivity index (χ1n) is 8.24. The minimum Gasteiger partial charge on any atom is -0.379 e. The number of hydrogen-bond donors (Lipinski definition) is 0. The lowest BCUT2D eigenvalue weighted by atomic mass is 10.1. The number of aryl methyl sites for hydroxylation is 1. The molecule has 0 unspecified atom stereocenters. The molecule has 0 bridgehead atoms. The Morgan fingerprint density at radius 1 is 0.955 bits per heavy atom. The SMILES string of the molecule is Brc1cc(N2CCOCC2)ccc1CCCN1CCOCC1. The van der Waals surface area contributed by atoms with Crippen LogP contribution >= 0.6 is 15.9 Å². The van der Waals surface area contributed by atoms with Crippen molar-refractivity contribution in [2.75, 3.05) is 64.1 Å². The van der Waals surface area contributed by atoms with Crippen LogP contribution in [0.5, 0.6) is 0 Å². The van der Waals surface area contributed by atoms with Crippen LogP contribution < -0.4 is 4.90 Å². The second-order valence-electron chi connectivity index (χ2n) is 5.93. The average Bonchev–Trinajstić information content (AvgIpc) is 2.58. The second kappa shape index (κ2) is 8.29. The van der Waals surface area contributed by atoms with Gasteiger partial charge in [0.1, 0.15) is 0 Å². The number of rotatable bonds is 5. The Labute approximate surface area is 141 Å². The Balaban J connectivity index is 1.50. The fraction of sp³-hybridized carbons (Fsp3) is 0.647. The minimum absolute atomic E-state index is 0.832. The van der Waals surface area contributed by atoms with Crippen molar-refractivity contribution in [3.8, 4) is 0 Å². The molecule has 2 aliphatic heterocycles. The maximum atomic E-state index is 5.42. The highest BCUT2D eigenvalue weighted by Crippen LogP contribution is 2.26. The van der Waals surface area contributed by atoms with Crippen LogP contribution in [0, 0.1) is 0 Å². The van der Waals surface area contributed by atoms with Crippen LogP contribution in [0.15, 0.2) is 22.7 Å². The van der Waals surface area contributed by atoms with Gasteiger partial charge in [-0.2, -0.15) is 0 Å². The van der Waals surface area contributed by atoms with Gasteiger partial charge in [-0.3, -0.25) is 4.90 Å². The van der Waals surface area contributed by atoms with Crippen molar-refractivity contribution in [2.45, 2.75) is 12.8 Å². The maximum absolute atomic E-state index is 5.42. The van der Waals surface area contributed by atoms with E-state index in [0.717, 1.165) is 59.0 Å². The third-order valence-electron chi connectivity index (χ3n) is 4.44. The Morgan fingerprint density at radius 3 is 2.32 bits per heavy atom. The Morgan fingerprint density at radius 2 is 1.64 bits per heavy atom. The second-order valence-corrected chi connectivity index (χ2v) is 6.79. The topological polar surface area (TPSA) is 24.9 Å². The van der Waals surface area contributed by atoms with Crippen molar-refractivity contribution >= 4 is 21.6 Å². The molecule has 0 saturated carbocycles. The summed E-state index contributed by atoms with van der Waals surface area (Å²) < 4.78 is 12.0. The molecule has 22 heavy (non-hydrogen) atoms. The van der Waals surface area contributed by atoms with E-state index in [9.17, 15) is 0 Å². The zero-order chi connectivity index (χ0) is 15.2. The lowest BCUT2D eigenvalue weighted by Gasteiger charge is -2.29. The number of hydrogen-bond acceptors (Lipinski definition) is 4. The van der Waals surface area contributed by atoms with E-state index in [0.29, 0.717) is 0 Å². The summed E-state index contributed by atoms with van der Waals surface area (Å²) in [6.07, 6.45) is 2.33. The van der Waals surface area contributed by atoms with E-state index in [1.54, 1.807) is 0 Å². The van der Waals surface area contributed by atoms with Gasteiger partial charge in [0, 0.05) is 36.3 Å². The quantitative estimate of drug-likeness (QED) is 0.797. The molecule has 1 aromatic carbocycles. The predicted molar refractivity (Wildman–Crippen MR) is 92.8 cm³/mol. The molecule has 0 amide bonds. The molecule has 122 valence electrons. The molecular formula is C17H25BrN2O2. The number of nitrogens with zero attached hydrogens (tertiary/aromatic N) is 2. The summed E-state index contributed by atoms with van der Waals surface area (Å²) in [5.74, 6) is 0. The number of anilines is 1. The number of halogens is 1. The van der Waals surface area contributed by atoms with Gasteiger partial charge in [0.2, 0.25) is 0 Å². The largest absolute Gasteiger partial charge is 0.379 e. The molecule has 2 fully saturated rings. The summed E-state index contributed by atoms with van der Waals surface area (Å²) in [4.78, 5) is 4.89. The zero-order valence-electron chi connectivity index (χ0n) is 13.1. The van der Waals surface area contributed by atoms with Crippen molar-refractivity contribution in [1.29, 1.82) is 0 Å². The molecule has 0 spiro atoms. The van der Waals surface area contributed by atoms with Gasteiger partial charge in [0.25, 0.3) is 0 Å². The van der Waals surface area contributed by atoms with Crippen molar-refractivity contribution in [3.63, 3.8) is 0 Å². The first kappa shape index (κ1) is 16.2. The monoisotopic (exact) mass is 368 g/mol. The van der Waals surface area contributed by atoms with Crippen LogP contribution in [0.25, 0.3) is 0 Å². The van der Waals surface area contributed by atoms with E-state index >= 15 is 0 Å². The summed E-state index contributed by atoms with van der Waals surface area (Å²) in [7, 11) is 0. The fourth-order valence-corrected chi connectivity index (χ4v) is 3.64. The van der Waals surface area contributed by atoms with Crippen LogP contribution in [0.4, 0.5) is 5.69 Å². The normalized spacial score (nSPS) is 20.3. The smallest absolute Gasteiger partial charge is 0.0642 e. The maximum Gasteiger partial charge on any atom is 0.0642 e. The van der Waals surface area contributed by atoms with Crippen molar-refractivity contribution in [1.82, 2.24) is 4.90 Å². The van der Waals surface area contributed by atoms with E-state index in [-0.39, 0.29) is 0 Å². The zero-order valence-corrected chi connectivity index (χ0v) is 14.7. The van der Waals surface area contributed by atoms with Crippen LogP contribution in [0.3, 0.4) is 0 Å². The molecule has 0 aromatic heterocycles. The number of morpholine rings is 2. The van der Waals surface area contributed by atoms with Crippen LogP contribution in [-0.4, -0.2) is 64.1 Å². The molecule has 2 saturated heterocycles. The molecule has 2 aliphatic rings. The highest BCUT2D eigenvalue weighted by molar-refractivity contribution is 9.10. The van der Waals surface area contributed by atoms with Gasteiger partial charge in [-0.1, -0.05) is 22.0 Å². The minimum atomic E-state index is 0.832. The average molecular weight is 369 g/mol. The summed E-state index contributed by atoms with van der Waals surface area (Å²) in [5.41, 5.74) is 2.71. The van der Waals surface area contributed by atoms with E-state index in [1.807, 2.05) is 0 Å². The summed E-state index contributed by atoms with van der Waals surface area (Å²) in [6.45, 7) is 8.74. The Bertz CT molecular complexity index is 472. The standard InChI is InChI=1S/C17H25BrN2O2/c18-17-14-16(20-8-12-22-13-9-20)4-3-15(17)2-1-5-19-6-10-21-11-7-19/h3-4,14H,1-2,5-13H2. The third-order valence-corrected chi connectivity index (χ3v) is 5.18. The first-order valence-corrected chi connectivity index (χ1v) is 9.03. The van der Waals surface area contributed by atoms with Gasteiger partial charge < -0.3 is 14.4 Å². The van der Waals surface area contributed by atoms with Crippen LogP contribution in [0.1, 0.15) is 12.0 Å². The molecule has 0 aliphatic carbocycles.